The average molecular weight is 505 g/mol. The Labute approximate surface area is 184 Å². The van der Waals surface area contributed by atoms with Crippen LogP contribution in [-0.4, -0.2) is 85.8 Å². The van der Waals surface area contributed by atoms with Crippen LogP contribution in [0, 0.1) is 0 Å². The van der Waals surface area contributed by atoms with Gasteiger partial charge in [0.15, 0.2) is 5.96 Å². The number of halogens is 1. The Morgan fingerprint density at radius 2 is 1.96 bits per heavy atom. The number of carbonyl (C=O) groups is 1. The zero-order valence-electron chi connectivity index (χ0n) is 16.9. The molecule has 9 nitrogen and oxygen atoms in total. The monoisotopic (exact) mass is 505 g/mol. The van der Waals surface area contributed by atoms with Gasteiger partial charge in [-0.3, -0.25) is 9.79 Å². The number of piperazine rings is 1. The molecule has 0 bridgehead atoms. The Kier molecular flexibility index (Phi) is 11.7. The van der Waals surface area contributed by atoms with Crippen LogP contribution in [0.4, 0.5) is 5.95 Å². The maximum absolute atomic E-state index is 12.5. The van der Waals surface area contributed by atoms with Crippen molar-refractivity contribution in [1.29, 1.82) is 0 Å². The third kappa shape index (κ3) is 8.13. The molecule has 10 heteroatoms. The number of guanidine groups is 1. The number of nitrogens with one attached hydrogen (secondary N) is 2. The number of ether oxygens (including phenoxy) is 1. The van der Waals surface area contributed by atoms with Crippen molar-refractivity contribution in [2.75, 3.05) is 57.9 Å². The van der Waals surface area contributed by atoms with E-state index in [-0.39, 0.29) is 35.9 Å². The van der Waals surface area contributed by atoms with Crippen LogP contribution in [0.2, 0.25) is 0 Å². The second-order valence-electron chi connectivity index (χ2n) is 6.43. The van der Waals surface area contributed by atoms with Crippen molar-refractivity contribution in [2.45, 2.75) is 26.3 Å². The first-order valence-electron chi connectivity index (χ1n) is 9.47. The fraction of sp³-hybridized carbons (Fsp3) is 0.667. The Balaban J connectivity index is 0.00000392. The van der Waals surface area contributed by atoms with Crippen LogP contribution in [-0.2, 0) is 9.53 Å². The van der Waals surface area contributed by atoms with Crippen LogP contribution >= 0.6 is 24.0 Å². The summed E-state index contributed by atoms with van der Waals surface area (Å²) in [6, 6.07) is 1.95. The van der Waals surface area contributed by atoms with Gasteiger partial charge in [0, 0.05) is 64.7 Å². The fourth-order valence-corrected chi connectivity index (χ4v) is 2.88. The van der Waals surface area contributed by atoms with Crippen molar-refractivity contribution in [2.24, 2.45) is 4.99 Å². The van der Waals surface area contributed by atoms with E-state index in [1.54, 1.807) is 25.6 Å². The summed E-state index contributed by atoms with van der Waals surface area (Å²) >= 11 is 0. The normalized spacial score (nSPS) is 15.6. The quantitative estimate of drug-likeness (QED) is 0.306. The Morgan fingerprint density at radius 1 is 1.29 bits per heavy atom. The number of rotatable bonds is 8. The van der Waals surface area contributed by atoms with E-state index in [9.17, 15) is 4.79 Å². The number of hydrogen-bond acceptors (Lipinski definition) is 6. The number of anilines is 1. The van der Waals surface area contributed by atoms with Crippen molar-refractivity contribution < 1.29 is 9.53 Å². The number of aromatic nitrogens is 2. The molecular formula is C18H32IN7O2. The predicted molar refractivity (Wildman–Crippen MR) is 121 cm³/mol. The van der Waals surface area contributed by atoms with Gasteiger partial charge in [-0.1, -0.05) is 0 Å². The molecule has 0 aliphatic carbocycles. The highest BCUT2D eigenvalue weighted by molar-refractivity contribution is 14.0. The van der Waals surface area contributed by atoms with Crippen molar-refractivity contribution in [3.63, 3.8) is 0 Å². The zero-order chi connectivity index (χ0) is 19.5. The summed E-state index contributed by atoms with van der Waals surface area (Å²) in [6.45, 7) is 8.72. The van der Waals surface area contributed by atoms with E-state index in [0.717, 1.165) is 25.6 Å². The molecule has 2 N–H and O–H groups in total. The largest absolute Gasteiger partial charge is 0.383 e. The fourth-order valence-electron chi connectivity index (χ4n) is 2.88. The maximum Gasteiger partial charge on any atom is 0.225 e. The molecule has 2 rings (SSSR count). The molecule has 28 heavy (non-hydrogen) atoms. The minimum absolute atomic E-state index is 0. The van der Waals surface area contributed by atoms with Crippen LogP contribution in [0.15, 0.2) is 23.5 Å². The van der Waals surface area contributed by atoms with E-state index >= 15 is 0 Å². The third-order valence-corrected chi connectivity index (χ3v) is 4.21. The van der Waals surface area contributed by atoms with Crippen molar-refractivity contribution in [1.82, 2.24) is 25.5 Å². The van der Waals surface area contributed by atoms with Gasteiger partial charge in [0.05, 0.1) is 13.2 Å². The summed E-state index contributed by atoms with van der Waals surface area (Å²) in [5.41, 5.74) is 0. The van der Waals surface area contributed by atoms with E-state index < -0.39 is 0 Å². The molecule has 1 atom stereocenters. The van der Waals surface area contributed by atoms with Gasteiger partial charge >= 0.3 is 0 Å². The highest BCUT2D eigenvalue weighted by atomic mass is 127. The van der Waals surface area contributed by atoms with Crippen molar-refractivity contribution in [3.8, 4) is 0 Å². The first-order valence-corrected chi connectivity index (χ1v) is 9.47. The van der Waals surface area contributed by atoms with Crippen molar-refractivity contribution >= 4 is 41.8 Å². The zero-order valence-corrected chi connectivity index (χ0v) is 19.3. The van der Waals surface area contributed by atoms with Gasteiger partial charge in [-0.25, -0.2) is 9.97 Å². The Morgan fingerprint density at radius 3 is 2.57 bits per heavy atom. The van der Waals surface area contributed by atoms with Crippen LogP contribution in [0.3, 0.4) is 0 Å². The smallest absolute Gasteiger partial charge is 0.225 e. The lowest BCUT2D eigenvalue weighted by molar-refractivity contribution is -0.131. The highest BCUT2D eigenvalue weighted by Crippen LogP contribution is 2.10. The molecule has 1 unspecified atom stereocenters. The summed E-state index contributed by atoms with van der Waals surface area (Å²) < 4.78 is 5.13. The van der Waals surface area contributed by atoms with Gasteiger partial charge in [-0.2, -0.15) is 0 Å². The van der Waals surface area contributed by atoms with Gasteiger partial charge < -0.3 is 25.2 Å². The standard InChI is InChI=1S/C18H31N7O2.HI/c1-4-19-17(23-15(2)14-27-3)20-9-6-16(26)24-10-12-25(13-11-24)18-21-7-5-8-22-18;/h5,7-8,15H,4,6,9-14H2,1-3H3,(H2,19,20,23);1H. The molecule has 1 aliphatic rings. The van der Waals surface area contributed by atoms with Gasteiger partial charge in [0.1, 0.15) is 0 Å². The molecule has 1 aliphatic heterocycles. The molecule has 1 aromatic rings. The minimum Gasteiger partial charge on any atom is -0.383 e. The van der Waals surface area contributed by atoms with E-state index in [1.165, 1.54) is 0 Å². The lowest BCUT2D eigenvalue weighted by Crippen LogP contribution is -2.49. The van der Waals surface area contributed by atoms with Gasteiger partial charge in [0.25, 0.3) is 0 Å². The number of hydrogen-bond donors (Lipinski definition) is 2. The first-order chi connectivity index (χ1) is 13.1. The average Bonchev–Trinajstić information content (AvgIpc) is 2.69. The maximum atomic E-state index is 12.5. The molecule has 1 saturated heterocycles. The molecule has 158 valence electrons. The lowest BCUT2D eigenvalue weighted by atomic mass is 10.3. The minimum atomic E-state index is 0. The third-order valence-electron chi connectivity index (χ3n) is 4.21. The second-order valence-corrected chi connectivity index (χ2v) is 6.43. The second kappa shape index (κ2) is 13.5. The summed E-state index contributed by atoms with van der Waals surface area (Å²) in [7, 11) is 1.67. The van der Waals surface area contributed by atoms with Gasteiger partial charge in [-0.15, -0.1) is 24.0 Å². The van der Waals surface area contributed by atoms with Gasteiger partial charge in [0.2, 0.25) is 11.9 Å². The Hall–Kier alpha value is -1.69. The van der Waals surface area contributed by atoms with Crippen LogP contribution in [0.25, 0.3) is 0 Å². The molecule has 1 amide bonds. The van der Waals surface area contributed by atoms with Crippen molar-refractivity contribution in [3.05, 3.63) is 18.5 Å². The predicted octanol–water partition coefficient (Wildman–Crippen LogP) is 0.723. The van der Waals surface area contributed by atoms with Crippen LogP contribution < -0.4 is 15.5 Å². The van der Waals surface area contributed by atoms with E-state index in [1.807, 2.05) is 18.7 Å². The van der Waals surface area contributed by atoms with Crippen LogP contribution in [0.5, 0.6) is 0 Å². The number of methoxy groups -OCH3 is 1. The lowest BCUT2D eigenvalue weighted by Gasteiger charge is -2.34. The van der Waals surface area contributed by atoms with E-state index in [0.29, 0.717) is 38.6 Å². The van der Waals surface area contributed by atoms with E-state index in [2.05, 4.69) is 30.5 Å². The molecule has 2 heterocycles. The summed E-state index contributed by atoms with van der Waals surface area (Å²) in [5, 5.41) is 6.45. The molecule has 0 radical (unpaired) electrons. The summed E-state index contributed by atoms with van der Waals surface area (Å²) in [5.74, 6) is 1.56. The number of nitrogens with zero attached hydrogens (tertiary/aromatic N) is 5. The SMILES string of the molecule is CCNC(=NCCC(=O)N1CCN(c2ncccn2)CC1)NC(C)COC.I. The summed E-state index contributed by atoms with van der Waals surface area (Å²) in [6.07, 6.45) is 3.87. The first kappa shape index (κ1) is 24.3. The highest BCUT2D eigenvalue weighted by Gasteiger charge is 2.22. The van der Waals surface area contributed by atoms with E-state index in [4.69, 9.17) is 4.74 Å². The molecule has 0 aromatic carbocycles. The number of amides is 1. The Bertz CT molecular complexity index is 595. The topological polar surface area (TPSA) is 95.0 Å². The molecule has 1 aromatic heterocycles. The molecule has 1 fully saturated rings. The molecule has 0 saturated carbocycles. The molecule has 0 spiro atoms. The molecular weight excluding hydrogens is 473 g/mol. The van der Waals surface area contributed by atoms with Crippen LogP contribution in [0.1, 0.15) is 20.3 Å². The van der Waals surface area contributed by atoms with Gasteiger partial charge in [-0.05, 0) is 19.9 Å². The number of aliphatic imine (C=N–C) groups is 1. The number of carbonyl (C=O) groups excluding carboxylic acids is 1. The summed E-state index contributed by atoms with van der Waals surface area (Å²) in [4.78, 5) is 29.5.